The minimum absolute atomic E-state index is 0.145. The van der Waals surface area contributed by atoms with Gasteiger partial charge in [0.2, 0.25) is 16.0 Å². The van der Waals surface area contributed by atoms with Gasteiger partial charge in [0, 0.05) is 50.2 Å². The van der Waals surface area contributed by atoms with Crippen LogP contribution in [0.3, 0.4) is 0 Å². The van der Waals surface area contributed by atoms with E-state index >= 15 is 0 Å². The number of pyridine rings is 1. The standard InChI is InChI=1S/C16H19N5O3S/c1-20-14(22)7-13(10-3-5-17-6-4-10)18-16(20)19-15-11-8-21(9-12(11)15)25(2,23)24/h3-7,11-12,15H,8-9H2,1-2H3,(H,18,19). The van der Waals surface area contributed by atoms with Gasteiger partial charge < -0.3 is 5.32 Å². The summed E-state index contributed by atoms with van der Waals surface area (Å²) < 4.78 is 26.2. The van der Waals surface area contributed by atoms with E-state index < -0.39 is 10.0 Å². The summed E-state index contributed by atoms with van der Waals surface area (Å²) in [7, 11) is -1.45. The second kappa shape index (κ2) is 5.63. The molecule has 1 saturated heterocycles. The first-order valence-electron chi connectivity index (χ1n) is 8.05. The van der Waals surface area contributed by atoms with Crippen LogP contribution in [0.25, 0.3) is 11.3 Å². The number of hydrogen-bond acceptors (Lipinski definition) is 6. The lowest BCUT2D eigenvalue weighted by molar-refractivity contribution is 0.440. The number of hydrogen-bond donors (Lipinski definition) is 1. The molecule has 2 aliphatic rings. The lowest BCUT2D eigenvalue weighted by Crippen LogP contribution is -2.33. The predicted octanol–water partition coefficient (Wildman–Crippen LogP) is 0.144. The van der Waals surface area contributed by atoms with Gasteiger partial charge in [0.15, 0.2) is 0 Å². The molecule has 2 aromatic rings. The van der Waals surface area contributed by atoms with Gasteiger partial charge in [-0.3, -0.25) is 14.3 Å². The van der Waals surface area contributed by atoms with Gasteiger partial charge in [-0.1, -0.05) is 0 Å². The van der Waals surface area contributed by atoms with Crippen molar-refractivity contribution >= 4 is 16.0 Å². The minimum atomic E-state index is -3.13. The third-order valence-electron chi connectivity index (χ3n) is 5.04. The lowest BCUT2D eigenvalue weighted by Gasteiger charge is -2.18. The fraction of sp³-hybridized carbons (Fsp3) is 0.438. The van der Waals surface area contributed by atoms with Crippen molar-refractivity contribution < 1.29 is 8.42 Å². The zero-order valence-corrected chi connectivity index (χ0v) is 14.8. The molecule has 9 heteroatoms. The first kappa shape index (κ1) is 16.2. The van der Waals surface area contributed by atoms with Crippen molar-refractivity contribution in [1.82, 2.24) is 18.8 Å². The summed E-state index contributed by atoms with van der Waals surface area (Å²) in [6.45, 7) is 1.05. The SMILES string of the molecule is Cn1c(NC2C3CN(S(C)(=O)=O)CC32)nc(-c2ccncc2)cc1=O. The van der Waals surface area contributed by atoms with Gasteiger partial charge in [-0.05, 0) is 24.0 Å². The number of piperidine rings is 1. The third-order valence-corrected chi connectivity index (χ3v) is 6.27. The molecular formula is C16H19N5O3S. The van der Waals surface area contributed by atoms with Crippen LogP contribution in [0.4, 0.5) is 5.95 Å². The van der Waals surface area contributed by atoms with Crippen LogP contribution in [-0.2, 0) is 17.1 Å². The summed E-state index contributed by atoms with van der Waals surface area (Å²) >= 11 is 0. The highest BCUT2D eigenvalue weighted by atomic mass is 32.2. The zero-order valence-electron chi connectivity index (χ0n) is 14.0. The van der Waals surface area contributed by atoms with Crippen LogP contribution in [0.2, 0.25) is 0 Å². The summed E-state index contributed by atoms with van der Waals surface area (Å²) in [6, 6.07) is 5.27. The number of rotatable bonds is 4. The van der Waals surface area contributed by atoms with Gasteiger partial charge in [0.25, 0.3) is 5.56 Å². The summed E-state index contributed by atoms with van der Waals surface area (Å²) in [5.41, 5.74) is 1.28. The average molecular weight is 361 g/mol. The van der Waals surface area contributed by atoms with Gasteiger partial charge in [0.1, 0.15) is 0 Å². The molecule has 3 heterocycles. The number of anilines is 1. The second-order valence-corrected chi connectivity index (χ2v) is 8.66. The van der Waals surface area contributed by atoms with Crippen LogP contribution >= 0.6 is 0 Å². The van der Waals surface area contributed by atoms with Gasteiger partial charge in [-0.15, -0.1) is 0 Å². The third kappa shape index (κ3) is 2.93. The summed E-state index contributed by atoms with van der Waals surface area (Å²) in [4.78, 5) is 20.8. The Morgan fingerprint density at radius 3 is 2.44 bits per heavy atom. The molecule has 0 aromatic carbocycles. The van der Waals surface area contributed by atoms with Gasteiger partial charge in [-0.2, -0.15) is 0 Å². The molecule has 1 saturated carbocycles. The maximum Gasteiger partial charge on any atom is 0.255 e. The smallest absolute Gasteiger partial charge is 0.255 e. The molecule has 2 aromatic heterocycles. The fourth-order valence-corrected chi connectivity index (χ4v) is 4.35. The molecule has 2 unspecified atom stereocenters. The van der Waals surface area contributed by atoms with Crippen molar-refractivity contribution in [2.75, 3.05) is 24.7 Å². The molecule has 1 N–H and O–H groups in total. The molecule has 2 atom stereocenters. The monoisotopic (exact) mass is 361 g/mol. The second-order valence-electron chi connectivity index (χ2n) is 6.68. The van der Waals surface area contributed by atoms with E-state index in [4.69, 9.17) is 0 Å². The molecule has 1 aliphatic heterocycles. The Kier molecular flexibility index (Phi) is 3.66. The number of nitrogens with one attached hydrogen (secondary N) is 1. The lowest BCUT2D eigenvalue weighted by atomic mass is 10.2. The Labute approximate surface area is 145 Å². The van der Waals surface area contributed by atoms with E-state index in [1.807, 2.05) is 0 Å². The molecule has 2 fully saturated rings. The maximum atomic E-state index is 12.2. The van der Waals surface area contributed by atoms with E-state index in [1.54, 1.807) is 31.6 Å². The van der Waals surface area contributed by atoms with Crippen LogP contribution < -0.4 is 10.9 Å². The van der Waals surface area contributed by atoms with Crippen LogP contribution in [0.1, 0.15) is 0 Å². The summed E-state index contributed by atoms with van der Waals surface area (Å²) in [5, 5.41) is 3.32. The molecule has 4 rings (SSSR count). The van der Waals surface area contributed by atoms with E-state index in [2.05, 4.69) is 15.3 Å². The zero-order chi connectivity index (χ0) is 17.8. The summed E-state index contributed by atoms with van der Waals surface area (Å²) in [5.74, 6) is 1.05. The van der Waals surface area contributed by atoms with Gasteiger partial charge >= 0.3 is 0 Å². The van der Waals surface area contributed by atoms with Crippen molar-refractivity contribution in [3.63, 3.8) is 0 Å². The molecule has 8 nitrogen and oxygen atoms in total. The fourth-order valence-electron chi connectivity index (χ4n) is 3.46. The highest BCUT2D eigenvalue weighted by molar-refractivity contribution is 7.88. The topological polar surface area (TPSA) is 97.2 Å². The highest BCUT2D eigenvalue weighted by Crippen LogP contribution is 2.47. The molecule has 0 radical (unpaired) electrons. The Morgan fingerprint density at radius 1 is 1.20 bits per heavy atom. The highest BCUT2D eigenvalue weighted by Gasteiger charge is 2.57. The van der Waals surface area contributed by atoms with Crippen molar-refractivity contribution in [3.05, 3.63) is 40.9 Å². The van der Waals surface area contributed by atoms with Crippen LogP contribution in [0, 0.1) is 11.8 Å². The summed E-state index contributed by atoms with van der Waals surface area (Å²) in [6.07, 6.45) is 4.56. The van der Waals surface area contributed by atoms with Crippen molar-refractivity contribution in [2.45, 2.75) is 6.04 Å². The number of aromatic nitrogens is 3. The van der Waals surface area contributed by atoms with Gasteiger partial charge in [0.05, 0.1) is 11.9 Å². The van der Waals surface area contributed by atoms with Gasteiger partial charge in [-0.25, -0.2) is 17.7 Å². The van der Waals surface area contributed by atoms with E-state index in [0.29, 0.717) is 24.7 Å². The molecular weight excluding hydrogens is 342 g/mol. The van der Waals surface area contributed by atoms with E-state index in [-0.39, 0.29) is 23.4 Å². The average Bonchev–Trinajstić information content (AvgIpc) is 3.01. The number of fused-ring (bicyclic) bond motifs is 1. The first-order valence-corrected chi connectivity index (χ1v) is 9.89. The van der Waals surface area contributed by atoms with Crippen LogP contribution in [-0.4, -0.2) is 52.6 Å². The molecule has 25 heavy (non-hydrogen) atoms. The predicted molar refractivity (Wildman–Crippen MR) is 93.5 cm³/mol. The maximum absolute atomic E-state index is 12.2. The van der Waals surface area contributed by atoms with Crippen LogP contribution in [0.15, 0.2) is 35.4 Å². The molecule has 132 valence electrons. The van der Waals surface area contributed by atoms with Crippen LogP contribution in [0.5, 0.6) is 0 Å². The number of nitrogens with zero attached hydrogens (tertiary/aromatic N) is 4. The Hall–Kier alpha value is -2.26. The van der Waals surface area contributed by atoms with E-state index in [1.165, 1.54) is 21.2 Å². The Morgan fingerprint density at radius 2 is 1.84 bits per heavy atom. The van der Waals surface area contributed by atoms with Crippen molar-refractivity contribution in [1.29, 1.82) is 0 Å². The van der Waals surface area contributed by atoms with E-state index in [9.17, 15) is 13.2 Å². The number of sulfonamides is 1. The minimum Gasteiger partial charge on any atom is -0.352 e. The molecule has 0 spiro atoms. The molecule has 0 bridgehead atoms. The molecule has 1 aliphatic carbocycles. The van der Waals surface area contributed by atoms with Crippen molar-refractivity contribution in [2.24, 2.45) is 18.9 Å². The quantitative estimate of drug-likeness (QED) is 0.832. The van der Waals surface area contributed by atoms with Crippen molar-refractivity contribution in [3.8, 4) is 11.3 Å². The Balaban J connectivity index is 1.55. The van der Waals surface area contributed by atoms with E-state index in [0.717, 1.165) is 5.56 Å². The first-order chi connectivity index (χ1) is 11.8. The largest absolute Gasteiger partial charge is 0.352 e. The Bertz CT molecular complexity index is 961. The molecule has 0 amide bonds. The normalized spacial score (nSPS) is 25.6.